The molecular formula is C51H74O2. The molecule has 3 unspecified atom stereocenters. The van der Waals surface area contributed by atoms with E-state index in [4.69, 9.17) is 9.47 Å². The van der Waals surface area contributed by atoms with E-state index < -0.39 is 0 Å². The lowest BCUT2D eigenvalue weighted by Crippen LogP contribution is -2.18. The van der Waals surface area contributed by atoms with Crippen molar-refractivity contribution in [3.05, 3.63) is 119 Å². The van der Waals surface area contributed by atoms with Gasteiger partial charge in [-0.15, -0.1) is 6.58 Å². The Bertz CT molecular complexity index is 1520. The minimum Gasteiger partial charge on any atom is -0.381 e. The number of ether oxygens (including phenoxy) is 2. The number of allylic oxidation sites excluding steroid dienone is 1. The highest BCUT2D eigenvalue weighted by atomic mass is 16.6. The van der Waals surface area contributed by atoms with Crippen LogP contribution in [0.3, 0.4) is 0 Å². The molecule has 1 aliphatic heterocycles. The van der Waals surface area contributed by atoms with Crippen molar-refractivity contribution in [1.82, 2.24) is 0 Å². The molecule has 2 nitrogen and oxygen atoms in total. The molecule has 3 atom stereocenters. The zero-order valence-electron chi connectivity index (χ0n) is 34.9. The number of epoxide rings is 1. The molecular weight excluding hydrogens is 645 g/mol. The van der Waals surface area contributed by atoms with Gasteiger partial charge in [0.05, 0.1) is 12.2 Å². The maximum atomic E-state index is 5.83. The Morgan fingerprint density at radius 2 is 1.45 bits per heavy atom. The monoisotopic (exact) mass is 719 g/mol. The molecule has 2 aliphatic carbocycles. The number of hydrogen-bond donors (Lipinski definition) is 0. The molecule has 2 heteroatoms. The highest BCUT2D eigenvalue weighted by Gasteiger charge is 2.43. The summed E-state index contributed by atoms with van der Waals surface area (Å²) in [6, 6.07) is 18.0. The van der Waals surface area contributed by atoms with Crippen molar-refractivity contribution in [3.63, 3.8) is 0 Å². The van der Waals surface area contributed by atoms with E-state index >= 15 is 0 Å². The smallest absolute Gasteiger partial charge is 0.0845 e. The van der Waals surface area contributed by atoms with Crippen molar-refractivity contribution in [2.24, 2.45) is 11.8 Å². The lowest BCUT2D eigenvalue weighted by molar-refractivity contribution is 0.0848. The number of hydrogen-bond acceptors (Lipinski definition) is 2. The van der Waals surface area contributed by atoms with Crippen molar-refractivity contribution in [2.45, 2.75) is 151 Å². The van der Waals surface area contributed by atoms with Crippen LogP contribution in [0.2, 0.25) is 0 Å². The van der Waals surface area contributed by atoms with Crippen LogP contribution >= 0.6 is 0 Å². The molecule has 1 heterocycles. The summed E-state index contributed by atoms with van der Waals surface area (Å²) >= 11 is 0. The van der Waals surface area contributed by atoms with Crippen LogP contribution in [0.25, 0.3) is 23.3 Å². The molecule has 0 amide bonds. The second-order valence-electron chi connectivity index (χ2n) is 15.0. The van der Waals surface area contributed by atoms with Crippen LogP contribution in [-0.2, 0) is 28.7 Å². The Labute approximate surface area is 326 Å². The molecule has 0 aromatic heterocycles. The SMILES string of the molecule is C(CCOCC1CCC2OC2C1)CCC1CCC1.C=CCCc1cc(C=C)c(C=C)c(CCc2ccc(-c3ccc(C)cc3)c(C)c2C)c1.CC.CC. The van der Waals surface area contributed by atoms with Crippen LogP contribution in [0.1, 0.15) is 143 Å². The third kappa shape index (κ3) is 13.9. The summed E-state index contributed by atoms with van der Waals surface area (Å²) < 4.78 is 11.4. The second-order valence-corrected chi connectivity index (χ2v) is 15.0. The van der Waals surface area contributed by atoms with Gasteiger partial charge in [-0.05, 0) is 134 Å². The van der Waals surface area contributed by atoms with E-state index in [1.165, 1.54) is 120 Å². The van der Waals surface area contributed by atoms with Crippen molar-refractivity contribution >= 4 is 12.2 Å². The summed E-state index contributed by atoms with van der Waals surface area (Å²) in [5.74, 6) is 1.86. The van der Waals surface area contributed by atoms with Crippen LogP contribution < -0.4 is 0 Å². The van der Waals surface area contributed by atoms with Crippen LogP contribution in [0, 0.1) is 32.6 Å². The van der Waals surface area contributed by atoms with Crippen molar-refractivity contribution < 1.29 is 9.47 Å². The van der Waals surface area contributed by atoms with Gasteiger partial charge in [-0.3, -0.25) is 0 Å². The van der Waals surface area contributed by atoms with E-state index in [-0.39, 0.29) is 0 Å². The molecule has 6 rings (SSSR count). The molecule has 1 saturated heterocycles. The Morgan fingerprint density at radius 3 is 2.09 bits per heavy atom. The Morgan fingerprint density at radius 1 is 0.717 bits per heavy atom. The zero-order chi connectivity index (χ0) is 38.6. The minimum atomic E-state index is 0.606. The van der Waals surface area contributed by atoms with Crippen LogP contribution in [0.5, 0.6) is 0 Å². The van der Waals surface area contributed by atoms with Gasteiger partial charge >= 0.3 is 0 Å². The minimum absolute atomic E-state index is 0.606. The van der Waals surface area contributed by atoms with Gasteiger partial charge in [0.25, 0.3) is 0 Å². The van der Waals surface area contributed by atoms with Gasteiger partial charge in [-0.2, -0.15) is 0 Å². The fourth-order valence-electron chi connectivity index (χ4n) is 7.79. The second kappa shape index (κ2) is 24.3. The normalized spacial score (nSPS) is 18.4. The maximum absolute atomic E-state index is 5.83. The van der Waals surface area contributed by atoms with E-state index in [1.54, 1.807) is 0 Å². The Hall–Kier alpha value is -3.20. The standard InChI is InChI=1S/C31H34.C16H28O2.2C2H6/c1-7-10-11-25-20-26(8-2)30(9-3)29(21-25)17-16-27-18-19-31(24(6)23(27)5)28-14-12-22(4)13-15-28;1(2-5-13-6-4-7-13)3-10-17-12-14-8-9-15-16(11-14)18-15;2*1-2/h7-9,12-15,18-21H,1-3,10-11,16-17H2,4-6H3;13-16H,1-12H2;2*1-2H3. The summed E-state index contributed by atoms with van der Waals surface area (Å²) in [5, 5.41) is 0. The largest absolute Gasteiger partial charge is 0.381 e. The van der Waals surface area contributed by atoms with Gasteiger partial charge in [0.1, 0.15) is 0 Å². The predicted octanol–water partition coefficient (Wildman–Crippen LogP) is 14.5. The molecule has 2 saturated carbocycles. The molecule has 0 spiro atoms. The number of benzene rings is 3. The van der Waals surface area contributed by atoms with Crippen molar-refractivity contribution in [3.8, 4) is 11.1 Å². The van der Waals surface area contributed by atoms with E-state index in [1.807, 2.05) is 45.9 Å². The number of fused-ring (bicyclic) bond motifs is 1. The van der Waals surface area contributed by atoms with Crippen molar-refractivity contribution in [1.29, 1.82) is 0 Å². The summed E-state index contributed by atoms with van der Waals surface area (Å²) in [6.45, 7) is 28.5. The molecule has 0 N–H and O–H groups in total. The predicted molar refractivity (Wildman–Crippen MR) is 234 cm³/mol. The first-order valence-electron chi connectivity index (χ1n) is 21.3. The van der Waals surface area contributed by atoms with E-state index in [9.17, 15) is 0 Å². The fraction of sp³-hybridized carbons (Fsp3) is 0.529. The molecule has 3 fully saturated rings. The van der Waals surface area contributed by atoms with Crippen LogP contribution in [0.4, 0.5) is 0 Å². The third-order valence-electron chi connectivity index (χ3n) is 11.4. The highest BCUT2D eigenvalue weighted by molar-refractivity contribution is 5.70. The summed E-state index contributed by atoms with van der Waals surface area (Å²) in [4.78, 5) is 0. The third-order valence-corrected chi connectivity index (χ3v) is 11.4. The molecule has 3 aromatic rings. The first kappa shape index (κ1) is 44.2. The molecule has 0 bridgehead atoms. The first-order chi connectivity index (χ1) is 25.9. The lowest BCUT2D eigenvalue weighted by atomic mass is 9.82. The number of aryl methyl sites for hydroxylation is 4. The fourth-order valence-corrected chi connectivity index (χ4v) is 7.79. The lowest BCUT2D eigenvalue weighted by Gasteiger charge is -2.25. The molecule has 53 heavy (non-hydrogen) atoms. The van der Waals surface area contributed by atoms with Gasteiger partial charge in [-0.25, -0.2) is 0 Å². The molecule has 0 radical (unpaired) electrons. The summed E-state index contributed by atoms with van der Waals surface area (Å²) in [7, 11) is 0. The zero-order valence-corrected chi connectivity index (χ0v) is 34.9. The van der Waals surface area contributed by atoms with Gasteiger partial charge in [0.15, 0.2) is 0 Å². The topological polar surface area (TPSA) is 21.8 Å². The van der Waals surface area contributed by atoms with Gasteiger partial charge in [-0.1, -0.05) is 152 Å². The maximum Gasteiger partial charge on any atom is 0.0845 e. The highest BCUT2D eigenvalue weighted by Crippen LogP contribution is 2.39. The van der Waals surface area contributed by atoms with Gasteiger partial charge in [0, 0.05) is 13.2 Å². The molecule has 290 valence electrons. The Kier molecular flexibility index (Phi) is 20.2. The molecule has 3 aliphatic rings. The van der Waals surface area contributed by atoms with E-state index in [0.717, 1.165) is 50.7 Å². The molecule has 3 aromatic carbocycles. The van der Waals surface area contributed by atoms with Gasteiger partial charge in [0.2, 0.25) is 0 Å². The van der Waals surface area contributed by atoms with E-state index in [2.05, 4.69) is 89.0 Å². The van der Waals surface area contributed by atoms with Crippen LogP contribution in [-0.4, -0.2) is 25.4 Å². The number of rotatable bonds is 17. The average molecular weight is 719 g/mol. The summed E-state index contributed by atoms with van der Waals surface area (Å²) in [6.07, 6.45) is 25.0. The van der Waals surface area contributed by atoms with Crippen LogP contribution in [0.15, 0.2) is 74.3 Å². The number of unbranched alkanes of at least 4 members (excludes halogenated alkanes) is 2. The van der Waals surface area contributed by atoms with E-state index in [0.29, 0.717) is 12.2 Å². The summed E-state index contributed by atoms with van der Waals surface area (Å²) in [5.41, 5.74) is 13.2. The first-order valence-corrected chi connectivity index (χ1v) is 21.3. The Balaban J connectivity index is 0.000000290. The van der Waals surface area contributed by atoms with Crippen molar-refractivity contribution in [2.75, 3.05) is 13.2 Å². The quantitative estimate of drug-likeness (QED) is 0.0787. The average Bonchev–Trinajstić information content (AvgIpc) is 3.96. The van der Waals surface area contributed by atoms with Gasteiger partial charge < -0.3 is 9.47 Å².